The summed E-state index contributed by atoms with van der Waals surface area (Å²) in [6.07, 6.45) is 4.88. The molecule has 0 bridgehead atoms. The Morgan fingerprint density at radius 1 is 1.36 bits per heavy atom. The molecular weight excluding hydrogens is 155 g/mol. The zero-order valence-corrected chi connectivity index (χ0v) is 8.37. The van der Waals surface area contributed by atoms with Crippen molar-refractivity contribution in [2.75, 3.05) is 0 Å². The molecule has 1 aliphatic rings. The SMILES string of the molecule is CC(P)NC1CCC(N)CC1. The van der Waals surface area contributed by atoms with Gasteiger partial charge in [-0.2, -0.15) is 0 Å². The molecule has 0 amide bonds. The van der Waals surface area contributed by atoms with Crippen LogP contribution in [0.3, 0.4) is 0 Å². The zero-order valence-electron chi connectivity index (χ0n) is 7.22. The van der Waals surface area contributed by atoms with Crippen molar-refractivity contribution in [2.24, 2.45) is 5.73 Å². The summed E-state index contributed by atoms with van der Waals surface area (Å²) in [6.45, 7) is 2.17. The fourth-order valence-corrected chi connectivity index (χ4v) is 1.93. The van der Waals surface area contributed by atoms with Crippen LogP contribution in [0.2, 0.25) is 0 Å². The van der Waals surface area contributed by atoms with Gasteiger partial charge in [0.15, 0.2) is 0 Å². The summed E-state index contributed by atoms with van der Waals surface area (Å²) in [4.78, 5) is 0. The molecule has 1 rings (SSSR count). The van der Waals surface area contributed by atoms with Crippen LogP contribution in [-0.2, 0) is 0 Å². The fourth-order valence-electron chi connectivity index (χ4n) is 1.66. The first-order valence-electron chi connectivity index (χ1n) is 4.45. The quantitative estimate of drug-likeness (QED) is 0.614. The molecule has 0 aromatic carbocycles. The van der Waals surface area contributed by atoms with Crippen LogP contribution in [0.1, 0.15) is 32.6 Å². The molecule has 3 heteroatoms. The van der Waals surface area contributed by atoms with Crippen molar-refractivity contribution in [1.29, 1.82) is 0 Å². The Kier molecular flexibility index (Phi) is 3.77. The second kappa shape index (κ2) is 4.39. The first kappa shape index (κ1) is 9.44. The highest BCUT2D eigenvalue weighted by Crippen LogP contribution is 2.17. The van der Waals surface area contributed by atoms with Crippen LogP contribution in [0, 0.1) is 0 Å². The Morgan fingerprint density at radius 3 is 2.36 bits per heavy atom. The molecule has 2 atom stereocenters. The molecule has 2 unspecified atom stereocenters. The van der Waals surface area contributed by atoms with Crippen LogP contribution in [0.5, 0.6) is 0 Å². The van der Waals surface area contributed by atoms with Gasteiger partial charge in [-0.3, -0.25) is 0 Å². The fraction of sp³-hybridized carbons (Fsp3) is 1.00. The predicted octanol–water partition coefficient (Wildman–Crippen LogP) is 1.07. The molecule has 0 aromatic rings. The lowest BCUT2D eigenvalue weighted by Crippen LogP contribution is -2.39. The molecule has 0 aliphatic heterocycles. The topological polar surface area (TPSA) is 38.0 Å². The monoisotopic (exact) mass is 174 g/mol. The van der Waals surface area contributed by atoms with E-state index in [1.807, 2.05) is 0 Å². The molecule has 3 N–H and O–H groups in total. The molecular formula is C8H19N2P. The highest BCUT2D eigenvalue weighted by atomic mass is 31.0. The van der Waals surface area contributed by atoms with Gasteiger partial charge in [-0.05, 0) is 32.6 Å². The van der Waals surface area contributed by atoms with Crippen LogP contribution in [0.25, 0.3) is 0 Å². The minimum absolute atomic E-state index is 0.466. The lowest BCUT2D eigenvalue weighted by molar-refractivity contribution is 0.342. The van der Waals surface area contributed by atoms with Crippen molar-refractivity contribution in [3.05, 3.63) is 0 Å². The molecule has 66 valence electrons. The molecule has 1 aliphatic carbocycles. The predicted molar refractivity (Wildman–Crippen MR) is 52.5 cm³/mol. The summed E-state index contributed by atoms with van der Waals surface area (Å²) < 4.78 is 0. The van der Waals surface area contributed by atoms with E-state index in [2.05, 4.69) is 21.5 Å². The summed E-state index contributed by atoms with van der Waals surface area (Å²) in [7, 11) is 2.77. The van der Waals surface area contributed by atoms with Gasteiger partial charge in [0.25, 0.3) is 0 Å². The molecule has 0 saturated heterocycles. The second-order valence-corrected chi connectivity index (χ2v) is 4.57. The average molecular weight is 174 g/mol. The van der Waals surface area contributed by atoms with E-state index in [1.54, 1.807) is 0 Å². The van der Waals surface area contributed by atoms with Crippen LogP contribution < -0.4 is 11.1 Å². The van der Waals surface area contributed by atoms with E-state index in [9.17, 15) is 0 Å². The van der Waals surface area contributed by atoms with Crippen molar-refractivity contribution >= 4 is 9.24 Å². The largest absolute Gasteiger partial charge is 0.328 e. The third kappa shape index (κ3) is 3.50. The molecule has 0 aromatic heterocycles. The minimum Gasteiger partial charge on any atom is -0.328 e. The van der Waals surface area contributed by atoms with Crippen molar-refractivity contribution < 1.29 is 0 Å². The van der Waals surface area contributed by atoms with Gasteiger partial charge in [0, 0.05) is 17.9 Å². The minimum atomic E-state index is 0.466. The maximum Gasteiger partial charge on any atom is 0.0185 e. The van der Waals surface area contributed by atoms with Gasteiger partial charge in [0.05, 0.1) is 0 Å². The van der Waals surface area contributed by atoms with Gasteiger partial charge < -0.3 is 11.1 Å². The number of nitrogens with two attached hydrogens (primary N) is 1. The van der Waals surface area contributed by atoms with Gasteiger partial charge >= 0.3 is 0 Å². The van der Waals surface area contributed by atoms with Crippen LogP contribution >= 0.6 is 9.24 Å². The summed E-state index contributed by atoms with van der Waals surface area (Å²) in [5.41, 5.74) is 5.79. The summed E-state index contributed by atoms with van der Waals surface area (Å²) in [5, 5.41) is 3.51. The second-order valence-electron chi connectivity index (χ2n) is 3.57. The maximum absolute atomic E-state index is 5.79. The lowest BCUT2D eigenvalue weighted by Gasteiger charge is -2.28. The Balaban J connectivity index is 2.17. The molecule has 1 fully saturated rings. The van der Waals surface area contributed by atoms with E-state index in [1.165, 1.54) is 25.7 Å². The highest BCUT2D eigenvalue weighted by molar-refractivity contribution is 7.17. The van der Waals surface area contributed by atoms with Crippen molar-refractivity contribution in [3.8, 4) is 0 Å². The molecule has 0 radical (unpaired) electrons. The number of hydrogen-bond donors (Lipinski definition) is 2. The van der Waals surface area contributed by atoms with E-state index in [-0.39, 0.29) is 0 Å². The molecule has 11 heavy (non-hydrogen) atoms. The normalized spacial score (nSPS) is 35.2. The van der Waals surface area contributed by atoms with Gasteiger partial charge in [-0.15, -0.1) is 9.24 Å². The summed E-state index contributed by atoms with van der Waals surface area (Å²) in [6, 6.07) is 1.18. The smallest absolute Gasteiger partial charge is 0.0185 e. The number of nitrogens with one attached hydrogen (secondary N) is 1. The van der Waals surface area contributed by atoms with Crippen molar-refractivity contribution in [1.82, 2.24) is 5.32 Å². The number of rotatable bonds is 2. The van der Waals surface area contributed by atoms with Gasteiger partial charge in [-0.1, -0.05) is 0 Å². The van der Waals surface area contributed by atoms with Crippen LogP contribution in [0.4, 0.5) is 0 Å². The van der Waals surface area contributed by atoms with Gasteiger partial charge in [0.2, 0.25) is 0 Å². The zero-order chi connectivity index (χ0) is 8.27. The van der Waals surface area contributed by atoms with Crippen molar-refractivity contribution in [3.63, 3.8) is 0 Å². The van der Waals surface area contributed by atoms with Crippen LogP contribution in [0.15, 0.2) is 0 Å². The third-order valence-electron chi connectivity index (χ3n) is 2.27. The Morgan fingerprint density at radius 2 is 1.91 bits per heavy atom. The molecule has 2 nitrogen and oxygen atoms in total. The standard InChI is InChI=1S/C8H19N2P/c1-6(11)10-8-4-2-7(9)3-5-8/h6-8,10H,2-5,9,11H2,1H3. The van der Waals surface area contributed by atoms with E-state index in [4.69, 9.17) is 5.73 Å². The highest BCUT2D eigenvalue weighted by Gasteiger charge is 2.18. The maximum atomic E-state index is 5.79. The van der Waals surface area contributed by atoms with Crippen LogP contribution in [-0.4, -0.2) is 17.9 Å². The summed E-state index contributed by atoms with van der Waals surface area (Å²) in [5.74, 6) is 0.536. The Labute approximate surface area is 71.5 Å². The van der Waals surface area contributed by atoms with E-state index in [0.717, 1.165) is 0 Å². The van der Waals surface area contributed by atoms with Crippen molar-refractivity contribution in [2.45, 2.75) is 50.5 Å². The Hall–Kier alpha value is 0.350. The molecule has 1 saturated carbocycles. The first-order chi connectivity index (χ1) is 5.18. The third-order valence-corrected chi connectivity index (χ3v) is 2.46. The van der Waals surface area contributed by atoms with E-state index < -0.39 is 0 Å². The average Bonchev–Trinajstić information content (AvgIpc) is 1.93. The molecule has 0 spiro atoms. The van der Waals surface area contributed by atoms with E-state index >= 15 is 0 Å². The Bertz CT molecular complexity index is 109. The molecule has 0 heterocycles. The van der Waals surface area contributed by atoms with Gasteiger partial charge in [-0.25, -0.2) is 0 Å². The lowest BCUT2D eigenvalue weighted by atomic mass is 9.92. The summed E-state index contributed by atoms with van der Waals surface area (Å²) >= 11 is 0. The number of hydrogen-bond acceptors (Lipinski definition) is 2. The van der Waals surface area contributed by atoms with Gasteiger partial charge in [0.1, 0.15) is 0 Å². The van der Waals surface area contributed by atoms with E-state index in [0.29, 0.717) is 17.9 Å². The first-order valence-corrected chi connectivity index (χ1v) is 5.12.